The molecule has 0 amide bonds. The van der Waals surface area contributed by atoms with Gasteiger partial charge in [-0.1, -0.05) is 52.9 Å². The molecule has 0 fully saturated rings. The maximum Gasteiger partial charge on any atom is 0.173 e. The van der Waals surface area contributed by atoms with Gasteiger partial charge in [0, 0.05) is 5.56 Å². The Bertz CT molecular complexity index is 287. The molecule has 0 aliphatic heterocycles. The van der Waals surface area contributed by atoms with Crippen LogP contribution in [0.25, 0.3) is 6.08 Å². The molecule has 0 radical (unpaired) electrons. The zero-order valence-electron chi connectivity index (χ0n) is 6.59. The van der Waals surface area contributed by atoms with Gasteiger partial charge in [0.25, 0.3) is 0 Å². The summed E-state index contributed by atoms with van der Waals surface area (Å²) in [6.07, 6.45) is 1.75. The van der Waals surface area contributed by atoms with E-state index in [-0.39, 0.29) is 5.78 Å². The number of carbonyl (C=O) groups is 1. The molecule has 0 saturated heterocycles. The number of alkyl halides is 1. The molecule has 62 valence electrons. The molecule has 0 aromatic heterocycles. The highest BCUT2D eigenvalue weighted by molar-refractivity contribution is 9.09. The SMILES string of the molecule is C=Cc1ccc(C(=O)CBr)cc1. The van der Waals surface area contributed by atoms with Crippen molar-refractivity contribution in [3.05, 3.63) is 42.0 Å². The third-order valence-corrected chi connectivity index (χ3v) is 2.10. The van der Waals surface area contributed by atoms with Gasteiger partial charge in [-0.25, -0.2) is 0 Å². The molecule has 12 heavy (non-hydrogen) atoms. The van der Waals surface area contributed by atoms with Gasteiger partial charge >= 0.3 is 0 Å². The topological polar surface area (TPSA) is 17.1 Å². The van der Waals surface area contributed by atoms with Gasteiger partial charge in [0.1, 0.15) is 0 Å². The van der Waals surface area contributed by atoms with Crippen molar-refractivity contribution in [1.82, 2.24) is 0 Å². The van der Waals surface area contributed by atoms with Crippen molar-refractivity contribution < 1.29 is 4.79 Å². The standard InChI is InChI=1S/C10H9BrO/c1-2-8-3-5-9(6-4-8)10(12)7-11/h2-6H,1,7H2. The first-order valence-electron chi connectivity index (χ1n) is 3.59. The molecule has 0 heterocycles. The third kappa shape index (κ3) is 2.05. The second-order valence-electron chi connectivity index (χ2n) is 2.38. The average Bonchev–Trinajstić information content (AvgIpc) is 2.17. The summed E-state index contributed by atoms with van der Waals surface area (Å²) in [4.78, 5) is 11.1. The van der Waals surface area contributed by atoms with Gasteiger partial charge < -0.3 is 0 Å². The Balaban J connectivity index is 2.91. The van der Waals surface area contributed by atoms with Crippen LogP contribution >= 0.6 is 15.9 Å². The van der Waals surface area contributed by atoms with Gasteiger partial charge in [0.05, 0.1) is 5.33 Å². The zero-order valence-corrected chi connectivity index (χ0v) is 8.17. The Morgan fingerprint density at radius 2 is 2.00 bits per heavy atom. The van der Waals surface area contributed by atoms with Crippen LogP contribution in [0.1, 0.15) is 15.9 Å². The van der Waals surface area contributed by atoms with E-state index in [0.717, 1.165) is 11.1 Å². The Hall–Kier alpha value is -0.890. The van der Waals surface area contributed by atoms with E-state index in [9.17, 15) is 4.79 Å². The first-order valence-corrected chi connectivity index (χ1v) is 4.71. The Kier molecular flexibility index (Phi) is 3.23. The molecular formula is C10H9BrO. The molecule has 1 rings (SSSR count). The number of Topliss-reactive ketones (excluding diaryl/α,β-unsaturated/α-hetero) is 1. The van der Waals surface area contributed by atoms with Crippen LogP contribution in [-0.2, 0) is 0 Å². The minimum Gasteiger partial charge on any atom is -0.293 e. The maximum absolute atomic E-state index is 11.1. The molecule has 0 aliphatic carbocycles. The van der Waals surface area contributed by atoms with Crippen molar-refractivity contribution in [2.24, 2.45) is 0 Å². The molecule has 0 unspecified atom stereocenters. The summed E-state index contributed by atoms with van der Waals surface area (Å²) in [6.45, 7) is 3.63. The third-order valence-electron chi connectivity index (χ3n) is 1.59. The number of carbonyl (C=O) groups excluding carboxylic acids is 1. The van der Waals surface area contributed by atoms with E-state index in [1.165, 1.54) is 0 Å². The van der Waals surface area contributed by atoms with Crippen molar-refractivity contribution in [2.45, 2.75) is 0 Å². The van der Waals surface area contributed by atoms with Crippen molar-refractivity contribution in [3.8, 4) is 0 Å². The number of benzene rings is 1. The summed E-state index contributed by atoms with van der Waals surface area (Å²) < 4.78 is 0. The smallest absolute Gasteiger partial charge is 0.173 e. The highest BCUT2D eigenvalue weighted by atomic mass is 79.9. The lowest BCUT2D eigenvalue weighted by Crippen LogP contribution is -1.98. The molecule has 0 spiro atoms. The lowest BCUT2D eigenvalue weighted by atomic mass is 10.1. The Labute approximate surface area is 80.2 Å². The highest BCUT2D eigenvalue weighted by Crippen LogP contribution is 2.06. The molecule has 2 heteroatoms. The van der Waals surface area contributed by atoms with Gasteiger partial charge in [-0.2, -0.15) is 0 Å². The number of halogens is 1. The number of hydrogen-bond acceptors (Lipinski definition) is 1. The van der Waals surface area contributed by atoms with Gasteiger partial charge in [-0.3, -0.25) is 4.79 Å². The van der Waals surface area contributed by atoms with Crippen LogP contribution in [0.3, 0.4) is 0 Å². The van der Waals surface area contributed by atoms with E-state index in [1.807, 2.05) is 12.1 Å². The van der Waals surface area contributed by atoms with Crippen molar-refractivity contribution in [2.75, 3.05) is 5.33 Å². The summed E-state index contributed by atoms with van der Waals surface area (Å²) in [5.41, 5.74) is 1.76. The zero-order chi connectivity index (χ0) is 8.97. The van der Waals surface area contributed by atoms with Crippen LogP contribution in [0.5, 0.6) is 0 Å². The summed E-state index contributed by atoms with van der Waals surface area (Å²) in [5, 5.41) is 0.375. The highest BCUT2D eigenvalue weighted by Gasteiger charge is 2.01. The summed E-state index contributed by atoms with van der Waals surface area (Å²) in [7, 11) is 0. The van der Waals surface area contributed by atoms with Crippen molar-refractivity contribution in [3.63, 3.8) is 0 Å². The lowest BCUT2D eigenvalue weighted by molar-refractivity contribution is 0.102. The van der Waals surface area contributed by atoms with E-state index >= 15 is 0 Å². The fourth-order valence-electron chi connectivity index (χ4n) is 0.882. The van der Waals surface area contributed by atoms with Crippen molar-refractivity contribution >= 4 is 27.8 Å². The predicted octanol–water partition coefficient (Wildman–Crippen LogP) is 2.91. The maximum atomic E-state index is 11.1. The lowest BCUT2D eigenvalue weighted by Gasteiger charge is -1.96. The number of rotatable bonds is 3. The van der Waals surface area contributed by atoms with Crippen LogP contribution in [0.4, 0.5) is 0 Å². The van der Waals surface area contributed by atoms with Gasteiger partial charge in [0.15, 0.2) is 5.78 Å². The molecule has 0 N–H and O–H groups in total. The van der Waals surface area contributed by atoms with E-state index in [4.69, 9.17) is 0 Å². The van der Waals surface area contributed by atoms with E-state index in [2.05, 4.69) is 22.5 Å². The second kappa shape index (κ2) is 4.21. The molecule has 1 nitrogen and oxygen atoms in total. The minimum absolute atomic E-state index is 0.102. The van der Waals surface area contributed by atoms with Crippen LogP contribution in [-0.4, -0.2) is 11.1 Å². The average molecular weight is 225 g/mol. The first-order chi connectivity index (χ1) is 5.77. The Morgan fingerprint density at radius 1 is 1.42 bits per heavy atom. The summed E-state index contributed by atoms with van der Waals surface area (Å²) in [5.74, 6) is 0.102. The molecule has 0 aliphatic rings. The van der Waals surface area contributed by atoms with Gasteiger partial charge in [0.2, 0.25) is 0 Å². The fraction of sp³-hybridized carbons (Fsp3) is 0.100. The quantitative estimate of drug-likeness (QED) is 0.571. The molecule has 1 aromatic carbocycles. The van der Waals surface area contributed by atoms with Crippen molar-refractivity contribution in [1.29, 1.82) is 0 Å². The molecule has 0 bridgehead atoms. The summed E-state index contributed by atoms with van der Waals surface area (Å²) in [6, 6.07) is 7.37. The van der Waals surface area contributed by atoms with Gasteiger partial charge in [-0.05, 0) is 5.56 Å². The number of hydrogen-bond donors (Lipinski definition) is 0. The van der Waals surface area contributed by atoms with E-state index in [1.54, 1.807) is 18.2 Å². The molecule has 0 saturated carbocycles. The van der Waals surface area contributed by atoms with Crippen LogP contribution < -0.4 is 0 Å². The second-order valence-corrected chi connectivity index (χ2v) is 2.94. The Morgan fingerprint density at radius 3 is 2.42 bits per heavy atom. The van der Waals surface area contributed by atoms with Crippen LogP contribution in [0, 0.1) is 0 Å². The minimum atomic E-state index is 0.102. The van der Waals surface area contributed by atoms with E-state index < -0.39 is 0 Å². The first kappa shape index (κ1) is 9.20. The van der Waals surface area contributed by atoms with Crippen LogP contribution in [0.15, 0.2) is 30.8 Å². The fourth-order valence-corrected chi connectivity index (χ4v) is 1.21. The normalized spacial score (nSPS) is 9.42. The largest absolute Gasteiger partial charge is 0.293 e. The summed E-state index contributed by atoms with van der Waals surface area (Å²) >= 11 is 3.12. The molecule has 1 aromatic rings. The predicted molar refractivity (Wildman–Crippen MR) is 54.7 cm³/mol. The number of ketones is 1. The molecule has 0 atom stereocenters. The van der Waals surface area contributed by atoms with Gasteiger partial charge in [-0.15, -0.1) is 0 Å². The van der Waals surface area contributed by atoms with E-state index in [0.29, 0.717) is 5.33 Å². The molecular weight excluding hydrogens is 216 g/mol. The van der Waals surface area contributed by atoms with Crippen LogP contribution in [0.2, 0.25) is 0 Å². The monoisotopic (exact) mass is 224 g/mol.